The SMILES string of the molecule is CCOC(=O)NC(=O)Nc1cc(C)ccn1. The number of nitrogens with zero attached hydrogens (tertiary/aromatic N) is 1. The highest BCUT2D eigenvalue weighted by Crippen LogP contribution is 2.04. The lowest BCUT2D eigenvalue weighted by Crippen LogP contribution is -2.34. The van der Waals surface area contributed by atoms with Crippen LogP contribution in [0.25, 0.3) is 0 Å². The number of carbonyl (C=O) groups excluding carboxylic acids is 2. The van der Waals surface area contributed by atoms with Crippen LogP contribution in [0.3, 0.4) is 0 Å². The van der Waals surface area contributed by atoms with Crippen LogP contribution in [0.5, 0.6) is 0 Å². The van der Waals surface area contributed by atoms with Gasteiger partial charge in [-0.25, -0.2) is 19.9 Å². The van der Waals surface area contributed by atoms with Crippen molar-refractivity contribution in [2.45, 2.75) is 13.8 Å². The average Bonchev–Trinajstić information content (AvgIpc) is 2.17. The molecular formula is C10H13N3O3. The first-order chi connectivity index (χ1) is 7.61. The highest BCUT2D eigenvalue weighted by atomic mass is 16.5. The zero-order valence-corrected chi connectivity index (χ0v) is 9.11. The Labute approximate surface area is 93.0 Å². The Kier molecular flexibility index (Phi) is 4.26. The van der Waals surface area contributed by atoms with Crippen molar-refractivity contribution in [3.8, 4) is 0 Å². The van der Waals surface area contributed by atoms with E-state index in [1.165, 1.54) is 0 Å². The molecule has 1 aromatic rings. The molecule has 0 aliphatic carbocycles. The van der Waals surface area contributed by atoms with Crippen molar-refractivity contribution >= 4 is 17.9 Å². The van der Waals surface area contributed by atoms with Gasteiger partial charge in [0.2, 0.25) is 0 Å². The number of carbonyl (C=O) groups is 2. The van der Waals surface area contributed by atoms with Gasteiger partial charge < -0.3 is 4.74 Å². The zero-order valence-electron chi connectivity index (χ0n) is 9.11. The minimum Gasteiger partial charge on any atom is -0.450 e. The second kappa shape index (κ2) is 5.69. The number of imide groups is 1. The van der Waals surface area contributed by atoms with Crippen molar-refractivity contribution in [2.75, 3.05) is 11.9 Å². The molecule has 0 saturated carbocycles. The summed E-state index contributed by atoms with van der Waals surface area (Å²) in [7, 11) is 0. The third kappa shape index (κ3) is 3.95. The molecule has 86 valence electrons. The molecule has 16 heavy (non-hydrogen) atoms. The van der Waals surface area contributed by atoms with Crippen molar-refractivity contribution < 1.29 is 14.3 Å². The Morgan fingerprint density at radius 1 is 1.50 bits per heavy atom. The number of hydrogen-bond donors (Lipinski definition) is 2. The van der Waals surface area contributed by atoms with Crippen LogP contribution < -0.4 is 10.6 Å². The summed E-state index contributed by atoms with van der Waals surface area (Å²) in [5, 5.41) is 4.41. The number of aryl methyl sites for hydroxylation is 1. The maximum absolute atomic E-state index is 11.2. The molecule has 1 rings (SSSR count). The van der Waals surface area contributed by atoms with Crippen LogP contribution in [0.4, 0.5) is 15.4 Å². The number of amides is 3. The van der Waals surface area contributed by atoms with Gasteiger partial charge in [-0.1, -0.05) is 0 Å². The number of alkyl carbamates (subject to hydrolysis) is 1. The molecule has 0 spiro atoms. The molecule has 6 nitrogen and oxygen atoms in total. The van der Waals surface area contributed by atoms with Gasteiger partial charge >= 0.3 is 12.1 Å². The van der Waals surface area contributed by atoms with E-state index in [1.807, 2.05) is 12.2 Å². The number of hydrogen-bond acceptors (Lipinski definition) is 4. The van der Waals surface area contributed by atoms with Gasteiger partial charge in [0.05, 0.1) is 6.61 Å². The quantitative estimate of drug-likeness (QED) is 0.799. The molecule has 0 radical (unpaired) electrons. The molecule has 0 fully saturated rings. The fourth-order valence-corrected chi connectivity index (χ4v) is 1.01. The van der Waals surface area contributed by atoms with Gasteiger partial charge in [-0.2, -0.15) is 0 Å². The molecular weight excluding hydrogens is 210 g/mol. The fourth-order valence-electron chi connectivity index (χ4n) is 1.01. The van der Waals surface area contributed by atoms with E-state index in [4.69, 9.17) is 0 Å². The molecule has 0 unspecified atom stereocenters. The molecule has 0 aliphatic heterocycles. The van der Waals surface area contributed by atoms with Crippen molar-refractivity contribution in [1.29, 1.82) is 0 Å². The number of pyridine rings is 1. The fraction of sp³-hybridized carbons (Fsp3) is 0.300. The number of anilines is 1. The lowest BCUT2D eigenvalue weighted by atomic mass is 10.3. The van der Waals surface area contributed by atoms with Crippen LogP contribution in [0.1, 0.15) is 12.5 Å². The van der Waals surface area contributed by atoms with Gasteiger partial charge in [0.25, 0.3) is 0 Å². The summed E-state index contributed by atoms with van der Waals surface area (Å²) in [4.78, 5) is 26.1. The lowest BCUT2D eigenvalue weighted by molar-refractivity contribution is 0.154. The molecule has 6 heteroatoms. The maximum Gasteiger partial charge on any atom is 0.415 e. The molecule has 2 N–H and O–H groups in total. The zero-order chi connectivity index (χ0) is 12.0. The Morgan fingerprint density at radius 2 is 2.25 bits per heavy atom. The van der Waals surface area contributed by atoms with Crippen molar-refractivity contribution in [3.05, 3.63) is 23.9 Å². The van der Waals surface area contributed by atoms with Crippen LogP contribution in [0.2, 0.25) is 0 Å². The second-order valence-electron chi connectivity index (χ2n) is 3.02. The molecule has 0 atom stereocenters. The van der Waals surface area contributed by atoms with E-state index in [1.54, 1.807) is 25.3 Å². The molecule has 3 amide bonds. The predicted molar refractivity (Wildman–Crippen MR) is 58.2 cm³/mol. The predicted octanol–water partition coefficient (Wildman–Crippen LogP) is 1.67. The van der Waals surface area contributed by atoms with E-state index in [2.05, 4.69) is 15.0 Å². The van der Waals surface area contributed by atoms with Crippen LogP contribution in [-0.4, -0.2) is 23.7 Å². The third-order valence-electron chi connectivity index (χ3n) is 1.65. The van der Waals surface area contributed by atoms with E-state index in [9.17, 15) is 9.59 Å². The molecule has 1 aromatic heterocycles. The summed E-state index contributed by atoms with van der Waals surface area (Å²) in [5.41, 5.74) is 0.960. The average molecular weight is 223 g/mol. The van der Waals surface area contributed by atoms with Gasteiger partial charge in [-0.05, 0) is 31.5 Å². The summed E-state index contributed by atoms with van der Waals surface area (Å²) >= 11 is 0. The van der Waals surface area contributed by atoms with Gasteiger partial charge in [0.15, 0.2) is 0 Å². The third-order valence-corrected chi connectivity index (χ3v) is 1.65. The molecule has 1 heterocycles. The topological polar surface area (TPSA) is 80.3 Å². The minimum atomic E-state index is -0.785. The molecule has 0 saturated heterocycles. The maximum atomic E-state index is 11.2. The van der Waals surface area contributed by atoms with Gasteiger partial charge in [0, 0.05) is 6.20 Å². The number of rotatable bonds is 2. The van der Waals surface area contributed by atoms with E-state index < -0.39 is 12.1 Å². The van der Waals surface area contributed by atoms with E-state index in [0.29, 0.717) is 5.82 Å². The van der Waals surface area contributed by atoms with Crippen molar-refractivity contribution in [3.63, 3.8) is 0 Å². The second-order valence-corrected chi connectivity index (χ2v) is 3.02. The minimum absolute atomic E-state index is 0.210. The molecule has 0 aromatic carbocycles. The van der Waals surface area contributed by atoms with E-state index in [-0.39, 0.29) is 6.61 Å². The summed E-state index contributed by atoms with van der Waals surface area (Å²) in [6, 6.07) is 2.82. The summed E-state index contributed by atoms with van der Waals surface area (Å²) in [6.45, 7) is 3.73. The summed E-state index contributed by atoms with van der Waals surface area (Å²) < 4.78 is 4.54. The Hall–Kier alpha value is -2.11. The molecule has 0 bridgehead atoms. The largest absolute Gasteiger partial charge is 0.450 e. The number of ether oxygens (including phenoxy) is 1. The van der Waals surface area contributed by atoms with Crippen LogP contribution >= 0.6 is 0 Å². The lowest BCUT2D eigenvalue weighted by Gasteiger charge is -2.06. The number of nitrogens with one attached hydrogen (secondary N) is 2. The van der Waals surface area contributed by atoms with Gasteiger partial charge in [0.1, 0.15) is 5.82 Å². The van der Waals surface area contributed by atoms with E-state index in [0.717, 1.165) is 5.56 Å². The smallest absolute Gasteiger partial charge is 0.415 e. The van der Waals surface area contributed by atoms with Gasteiger partial charge in [-0.15, -0.1) is 0 Å². The standard InChI is InChI=1S/C10H13N3O3/c1-3-16-10(15)13-9(14)12-8-6-7(2)4-5-11-8/h4-6H,3H2,1-2H3,(H2,11,12,13,14,15). The Morgan fingerprint density at radius 3 is 2.88 bits per heavy atom. The monoisotopic (exact) mass is 223 g/mol. The van der Waals surface area contributed by atoms with Crippen LogP contribution in [-0.2, 0) is 4.74 Å². The first-order valence-corrected chi connectivity index (χ1v) is 4.79. The summed E-state index contributed by atoms with van der Waals surface area (Å²) in [5.74, 6) is 0.377. The highest BCUT2D eigenvalue weighted by Gasteiger charge is 2.08. The van der Waals surface area contributed by atoms with Crippen molar-refractivity contribution in [1.82, 2.24) is 10.3 Å². The van der Waals surface area contributed by atoms with Crippen molar-refractivity contribution in [2.24, 2.45) is 0 Å². The normalized spacial score (nSPS) is 9.38. The Balaban J connectivity index is 2.48. The number of aromatic nitrogens is 1. The first-order valence-electron chi connectivity index (χ1n) is 4.79. The van der Waals surface area contributed by atoms with Crippen LogP contribution in [0, 0.1) is 6.92 Å². The number of urea groups is 1. The molecule has 0 aliphatic rings. The first kappa shape index (κ1) is 12.0. The van der Waals surface area contributed by atoms with E-state index >= 15 is 0 Å². The Bertz CT molecular complexity index is 393. The summed E-state index contributed by atoms with van der Waals surface area (Å²) in [6.07, 6.45) is 0.780. The van der Waals surface area contributed by atoms with Crippen LogP contribution in [0.15, 0.2) is 18.3 Å². The highest BCUT2D eigenvalue weighted by molar-refractivity contribution is 5.98. The van der Waals surface area contributed by atoms with Gasteiger partial charge in [-0.3, -0.25) is 5.32 Å².